The van der Waals surface area contributed by atoms with Crippen LogP contribution in [0.5, 0.6) is 0 Å². The molecule has 0 heterocycles. The van der Waals surface area contributed by atoms with Crippen molar-refractivity contribution in [2.75, 3.05) is 13.1 Å². The van der Waals surface area contributed by atoms with Gasteiger partial charge in [-0.05, 0) is 24.8 Å². The van der Waals surface area contributed by atoms with Crippen LogP contribution in [-0.4, -0.2) is 19.3 Å². The van der Waals surface area contributed by atoms with Gasteiger partial charge in [0.05, 0.1) is 6.07 Å². The smallest absolute Gasteiger partial charge is 0.315 e. The van der Waals surface area contributed by atoms with E-state index in [2.05, 4.69) is 12.2 Å². The lowest BCUT2D eigenvalue weighted by atomic mass is 9.80. The summed E-state index contributed by atoms with van der Waals surface area (Å²) >= 11 is 0. The third kappa shape index (κ3) is 4.55. The van der Waals surface area contributed by atoms with Crippen LogP contribution in [0.15, 0.2) is 0 Å². The molecule has 0 aromatic rings. The summed E-state index contributed by atoms with van der Waals surface area (Å²) in [7, 11) is 0. The van der Waals surface area contributed by atoms with Crippen LogP contribution in [0.3, 0.4) is 0 Å². The summed E-state index contributed by atoms with van der Waals surface area (Å²) in [6.07, 6.45) is 0.212. The van der Waals surface area contributed by atoms with E-state index in [1.807, 2.05) is 0 Å². The Morgan fingerprint density at radius 1 is 1.35 bits per heavy atom. The van der Waals surface area contributed by atoms with Gasteiger partial charge in [-0.2, -0.15) is 18.4 Å². The third-order valence-corrected chi connectivity index (χ3v) is 3.60. The Bertz CT molecular complexity index is 270. The van der Waals surface area contributed by atoms with Gasteiger partial charge < -0.3 is 5.32 Å². The molecule has 1 aliphatic carbocycles. The number of alkyl halides is 3. The van der Waals surface area contributed by atoms with E-state index >= 15 is 0 Å². The molecule has 3 atom stereocenters. The van der Waals surface area contributed by atoms with E-state index in [0.29, 0.717) is 18.4 Å². The van der Waals surface area contributed by atoms with Crippen molar-refractivity contribution in [3.63, 3.8) is 0 Å². The van der Waals surface area contributed by atoms with Crippen molar-refractivity contribution in [3.05, 3.63) is 0 Å². The lowest BCUT2D eigenvalue weighted by Crippen LogP contribution is -2.36. The van der Waals surface area contributed by atoms with Gasteiger partial charge in [0, 0.05) is 6.54 Å². The lowest BCUT2D eigenvalue weighted by Gasteiger charge is -2.29. The van der Waals surface area contributed by atoms with Crippen molar-refractivity contribution in [2.24, 2.45) is 17.8 Å². The van der Waals surface area contributed by atoms with Crippen LogP contribution in [-0.2, 0) is 0 Å². The number of nitrogens with zero attached hydrogens (tertiary/aromatic N) is 1. The van der Waals surface area contributed by atoms with Gasteiger partial charge in [0.15, 0.2) is 5.92 Å². The van der Waals surface area contributed by atoms with Crippen LogP contribution >= 0.6 is 0 Å². The summed E-state index contributed by atoms with van der Waals surface area (Å²) in [5, 5.41) is 11.2. The van der Waals surface area contributed by atoms with Crippen LogP contribution in [0, 0.1) is 29.1 Å². The maximum Gasteiger partial charge on any atom is 0.405 e. The van der Waals surface area contributed by atoms with Gasteiger partial charge in [0.25, 0.3) is 0 Å². The number of rotatable bonds is 4. The zero-order chi connectivity index (χ0) is 12.9. The first-order valence-corrected chi connectivity index (χ1v) is 6.12. The van der Waals surface area contributed by atoms with Gasteiger partial charge in [-0.15, -0.1) is 0 Å². The van der Waals surface area contributed by atoms with E-state index in [9.17, 15) is 13.2 Å². The Labute approximate surface area is 100 Å². The SMILES string of the molecule is CC1CCCCC1CNCC(C#N)C(F)(F)F. The number of nitrogens with one attached hydrogen (secondary N) is 1. The molecule has 0 saturated heterocycles. The van der Waals surface area contributed by atoms with Gasteiger partial charge in [-0.25, -0.2) is 0 Å². The van der Waals surface area contributed by atoms with Crippen LogP contribution in [0.25, 0.3) is 0 Å². The summed E-state index contributed by atoms with van der Waals surface area (Å²) in [5.74, 6) is -0.861. The van der Waals surface area contributed by atoms with E-state index < -0.39 is 12.1 Å². The second-order valence-electron chi connectivity index (χ2n) is 4.90. The first-order valence-electron chi connectivity index (χ1n) is 6.12. The Morgan fingerprint density at radius 3 is 2.53 bits per heavy atom. The minimum atomic E-state index is -4.42. The minimum absolute atomic E-state index is 0.288. The summed E-state index contributed by atoms with van der Waals surface area (Å²) in [6, 6.07) is 1.30. The van der Waals surface area contributed by atoms with Gasteiger partial charge in [-0.3, -0.25) is 0 Å². The predicted octanol–water partition coefficient (Wildman–Crippen LogP) is 3.10. The average molecular weight is 248 g/mol. The summed E-state index contributed by atoms with van der Waals surface area (Å²) in [4.78, 5) is 0. The summed E-state index contributed by atoms with van der Waals surface area (Å²) in [5.41, 5.74) is 0. The molecule has 1 N–H and O–H groups in total. The normalized spacial score (nSPS) is 27.5. The molecule has 0 spiro atoms. The molecule has 1 rings (SSSR count). The number of halogens is 3. The zero-order valence-corrected chi connectivity index (χ0v) is 10.1. The van der Waals surface area contributed by atoms with Crippen LogP contribution < -0.4 is 5.32 Å². The van der Waals surface area contributed by atoms with Gasteiger partial charge in [-0.1, -0.05) is 26.2 Å². The molecule has 0 amide bonds. The van der Waals surface area contributed by atoms with Gasteiger partial charge >= 0.3 is 6.18 Å². The van der Waals surface area contributed by atoms with Gasteiger partial charge in [0.1, 0.15) is 0 Å². The van der Waals surface area contributed by atoms with E-state index in [1.54, 1.807) is 0 Å². The molecule has 0 aliphatic heterocycles. The molecule has 98 valence electrons. The fraction of sp³-hybridized carbons (Fsp3) is 0.917. The first-order chi connectivity index (χ1) is 7.95. The zero-order valence-electron chi connectivity index (χ0n) is 10.1. The molecule has 0 aromatic heterocycles. The van der Waals surface area contributed by atoms with Crippen molar-refractivity contribution in [1.82, 2.24) is 5.32 Å². The van der Waals surface area contributed by atoms with Crippen LogP contribution in [0.2, 0.25) is 0 Å². The number of hydrogen-bond donors (Lipinski definition) is 1. The minimum Gasteiger partial charge on any atom is -0.315 e. The summed E-state index contributed by atoms with van der Waals surface area (Å²) < 4.78 is 36.9. The maximum absolute atomic E-state index is 12.3. The molecule has 0 aromatic carbocycles. The molecular weight excluding hydrogens is 229 g/mol. The molecule has 1 fully saturated rings. The molecule has 1 aliphatic rings. The second kappa shape index (κ2) is 6.25. The number of hydrogen-bond acceptors (Lipinski definition) is 2. The van der Waals surface area contributed by atoms with Crippen molar-refractivity contribution < 1.29 is 13.2 Å². The quantitative estimate of drug-likeness (QED) is 0.829. The standard InChI is InChI=1S/C12H19F3N2/c1-9-4-2-3-5-10(9)7-17-8-11(6-16)12(13,14)15/h9-11,17H,2-5,7-8H2,1H3. The molecule has 0 radical (unpaired) electrons. The Kier molecular flexibility index (Phi) is 5.26. The molecule has 5 heteroatoms. The average Bonchev–Trinajstić information content (AvgIpc) is 2.25. The predicted molar refractivity (Wildman–Crippen MR) is 59.1 cm³/mol. The Hall–Kier alpha value is -0.760. The van der Waals surface area contributed by atoms with Crippen molar-refractivity contribution in [2.45, 2.75) is 38.8 Å². The van der Waals surface area contributed by atoms with E-state index in [1.165, 1.54) is 12.5 Å². The lowest BCUT2D eigenvalue weighted by molar-refractivity contribution is -0.157. The molecule has 0 bridgehead atoms. The van der Waals surface area contributed by atoms with E-state index in [-0.39, 0.29) is 6.54 Å². The van der Waals surface area contributed by atoms with Crippen molar-refractivity contribution in [3.8, 4) is 6.07 Å². The fourth-order valence-electron chi connectivity index (χ4n) is 2.34. The number of nitriles is 1. The van der Waals surface area contributed by atoms with Crippen molar-refractivity contribution >= 4 is 0 Å². The molecule has 3 unspecified atom stereocenters. The molecule has 2 nitrogen and oxygen atoms in total. The molecule has 1 saturated carbocycles. The highest BCUT2D eigenvalue weighted by Crippen LogP contribution is 2.29. The third-order valence-electron chi connectivity index (χ3n) is 3.60. The van der Waals surface area contributed by atoms with E-state index in [4.69, 9.17) is 5.26 Å². The monoisotopic (exact) mass is 248 g/mol. The highest BCUT2D eigenvalue weighted by Gasteiger charge is 2.39. The Morgan fingerprint density at radius 2 is 2.00 bits per heavy atom. The van der Waals surface area contributed by atoms with Crippen molar-refractivity contribution in [1.29, 1.82) is 5.26 Å². The second-order valence-corrected chi connectivity index (χ2v) is 4.90. The van der Waals surface area contributed by atoms with Gasteiger partial charge in [0.2, 0.25) is 0 Å². The van der Waals surface area contributed by atoms with Crippen LogP contribution in [0.4, 0.5) is 13.2 Å². The van der Waals surface area contributed by atoms with Crippen LogP contribution in [0.1, 0.15) is 32.6 Å². The first kappa shape index (κ1) is 14.3. The molecule has 17 heavy (non-hydrogen) atoms. The fourth-order valence-corrected chi connectivity index (χ4v) is 2.34. The summed E-state index contributed by atoms with van der Waals surface area (Å²) in [6.45, 7) is 2.45. The Balaban J connectivity index is 2.29. The highest BCUT2D eigenvalue weighted by atomic mass is 19.4. The largest absolute Gasteiger partial charge is 0.405 e. The molecular formula is C12H19F3N2. The topological polar surface area (TPSA) is 35.8 Å². The maximum atomic E-state index is 12.3. The highest BCUT2D eigenvalue weighted by molar-refractivity contribution is 4.90. The van der Waals surface area contributed by atoms with E-state index in [0.717, 1.165) is 19.3 Å².